The van der Waals surface area contributed by atoms with Crippen molar-refractivity contribution in [2.45, 2.75) is 143 Å². The highest BCUT2D eigenvalue weighted by Gasteiger charge is 2.42. The molecule has 2 heterocycles. The smallest absolute Gasteiger partial charge is 0.404 e. The largest absolute Gasteiger partial charge is 0.450 e. The summed E-state index contributed by atoms with van der Waals surface area (Å²) in [7, 11) is 4.51. The van der Waals surface area contributed by atoms with Crippen molar-refractivity contribution in [2.24, 2.45) is 23.3 Å². The second kappa shape index (κ2) is 15.3. The lowest BCUT2D eigenvalue weighted by molar-refractivity contribution is -0.0258. The highest BCUT2D eigenvalue weighted by molar-refractivity contribution is 5.64. The van der Waals surface area contributed by atoms with Crippen molar-refractivity contribution >= 4 is 12.2 Å². The number of hydrogen-bond donors (Lipinski definition) is 2. The number of carbonyl (C=O) groups excluding carboxylic acids is 2. The molecule has 0 radical (unpaired) electrons. The first-order valence-corrected chi connectivity index (χ1v) is 14.5. The highest BCUT2D eigenvalue weighted by Crippen LogP contribution is 2.40. The number of ether oxygens (including phenoxy) is 2. The third kappa shape index (κ3) is 13.5. The molecule has 38 heavy (non-hydrogen) atoms. The SMILES string of the molecule is CC1CC(C)(C)N(C)C(C)(C)C1.CC1CC(C)(C)N(C)C(C)(C)C1.NC(=O)OCCCCCCOC(N)=O. The topological polar surface area (TPSA) is 111 Å². The predicted molar refractivity (Wildman–Crippen MR) is 158 cm³/mol. The minimum absolute atomic E-state index is 0.339. The van der Waals surface area contributed by atoms with Gasteiger partial charge in [0.05, 0.1) is 13.2 Å². The lowest BCUT2D eigenvalue weighted by Gasteiger charge is -2.53. The van der Waals surface area contributed by atoms with E-state index in [9.17, 15) is 9.59 Å². The average Bonchev–Trinajstić information content (AvgIpc) is 2.71. The van der Waals surface area contributed by atoms with Crippen LogP contribution in [0.4, 0.5) is 9.59 Å². The highest BCUT2D eigenvalue weighted by atomic mass is 16.5. The molecule has 2 saturated heterocycles. The van der Waals surface area contributed by atoms with Crippen molar-refractivity contribution in [3.05, 3.63) is 0 Å². The Morgan fingerprint density at radius 2 is 0.842 bits per heavy atom. The van der Waals surface area contributed by atoms with Crippen LogP contribution in [0.2, 0.25) is 0 Å². The Morgan fingerprint density at radius 3 is 1.05 bits per heavy atom. The number of nitrogens with two attached hydrogens (primary N) is 2. The number of amides is 2. The number of rotatable bonds is 7. The zero-order valence-electron chi connectivity index (χ0n) is 26.9. The van der Waals surface area contributed by atoms with E-state index < -0.39 is 12.2 Å². The number of hydrogen-bond acceptors (Lipinski definition) is 6. The fourth-order valence-corrected chi connectivity index (χ4v) is 6.64. The lowest BCUT2D eigenvalue weighted by atomic mass is 9.75. The summed E-state index contributed by atoms with van der Waals surface area (Å²) in [6.07, 6.45) is 7.13. The molecule has 0 aromatic carbocycles. The molecular formula is C30H62N4O4. The van der Waals surface area contributed by atoms with Crippen LogP contribution in [-0.2, 0) is 9.47 Å². The first-order valence-electron chi connectivity index (χ1n) is 14.5. The van der Waals surface area contributed by atoms with Crippen LogP contribution in [0.1, 0.15) is 121 Å². The van der Waals surface area contributed by atoms with Gasteiger partial charge >= 0.3 is 12.2 Å². The minimum Gasteiger partial charge on any atom is -0.450 e. The molecule has 4 N–H and O–H groups in total. The summed E-state index contributed by atoms with van der Waals surface area (Å²) in [6.45, 7) is 24.2. The molecule has 2 fully saturated rings. The van der Waals surface area contributed by atoms with Crippen LogP contribution < -0.4 is 11.5 Å². The molecule has 226 valence electrons. The van der Waals surface area contributed by atoms with E-state index >= 15 is 0 Å². The van der Waals surface area contributed by atoms with Crippen LogP contribution in [-0.4, -0.2) is 71.5 Å². The lowest BCUT2D eigenvalue weighted by Crippen LogP contribution is -2.58. The van der Waals surface area contributed by atoms with E-state index in [1.807, 2.05) is 0 Å². The van der Waals surface area contributed by atoms with E-state index in [-0.39, 0.29) is 0 Å². The summed E-state index contributed by atoms with van der Waals surface area (Å²) < 4.78 is 9.04. The van der Waals surface area contributed by atoms with Crippen molar-refractivity contribution in [1.82, 2.24) is 9.80 Å². The van der Waals surface area contributed by atoms with Crippen molar-refractivity contribution < 1.29 is 19.1 Å². The zero-order chi connectivity index (χ0) is 29.9. The van der Waals surface area contributed by atoms with Crippen molar-refractivity contribution in [2.75, 3.05) is 27.3 Å². The average molecular weight is 543 g/mol. The van der Waals surface area contributed by atoms with E-state index in [2.05, 4.69) is 103 Å². The van der Waals surface area contributed by atoms with Gasteiger partial charge in [0.15, 0.2) is 0 Å². The molecule has 0 aromatic heterocycles. The number of nitrogens with zero attached hydrogens (tertiary/aromatic N) is 2. The second-order valence-corrected chi connectivity index (χ2v) is 14.1. The molecule has 0 spiro atoms. The molecule has 2 aliphatic rings. The normalized spacial score (nSPS) is 22.7. The molecule has 2 amide bonds. The Balaban J connectivity index is 0.000000542. The van der Waals surface area contributed by atoms with Crippen LogP contribution in [0.25, 0.3) is 0 Å². The molecule has 0 bridgehead atoms. The molecule has 0 unspecified atom stereocenters. The Labute approximate surface area is 234 Å². The summed E-state index contributed by atoms with van der Waals surface area (Å²) >= 11 is 0. The summed E-state index contributed by atoms with van der Waals surface area (Å²) in [6, 6.07) is 0. The third-order valence-corrected chi connectivity index (χ3v) is 8.55. The Morgan fingerprint density at radius 1 is 0.605 bits per heavy atom. The summed E-state index contributed by atoms with van der Waals surface area (Å²) in [5, 5.41) is 0. The number of piperidine rings is 2. The van der Waals surface area contributed by atoms with Gasteiger partial charge in [0, 0.05) is 22.2 Å². The van der Waals surface area contributed by atoms with Crippen LogP contribution in [0.5, 0.6) is 0 Å². The quantitative estimate of drug-likeness (QED) is 0.353. The first-order chi connectivity index (χ1) is 17.1. The fraction of sp³-hybridized carbons (Fsp3) is 0.933. The summed E-state index contributed by atoms with van der Waals surface area (Å²) in [5.41, 5.74) is 11.0. The van der Waals surface area contributed by atoms with E-state index in [0.29, 0.717) is 35.4 Å². The van der Waals surface area contributed by atoms with Gasteiger partial charge in [-0.3, -0.25) is 9.80 Å². The number of primary amides is 2. The molecule has 2 rings (SSSR count). The Kier molecular flexibility index (Phi) is 14.7. The molecule has 8 nitrogen and oxygen atoms in total. The first kappa shape index (κ1) is 36.5. The van der Waals surface area contributed by atoms with Crippen molar-refractivity contribution in [3.63, 3.8) is 0 Å². The Bertz CT molecular complexity index is 625. The van der Waals surface area contributed by atoms with E-state index in [4.69, 9.17) is 11.5 Å². The van der Waals surface area contributed by atoms with Gasteiger partial charge in [-0.15, -0.1) is 0 Å². The van der Waals surface area contributed by atoms with E-state index in [1.54, 1.807) is 0 Å². The van der Waals surface area contributed by atoms with Crippen LogP contribution in [0.15, 0.2) is 0 Å². The van der Waals surface area contributed by atoms with Crippen molar-refractivity contribution in [3.8, 4) is 0 Å². The van der Waals surface area contributed by atoms with E-state index in [1.165, 1.54) is 25.7 Å². The molecule has 0 saturated carbocycles. The van der Waals surface area contributed by atoms with Gasteiger partial charge in [-0.1, -0.05) is 13.8 Å². The van der Waals surface area contributed by atoms with Gasteiger partial charge in [-0.25, -0.2) is 9.59 Å². The maximum absolute atomic E-state index is 10.1. The maximum Gasteiger partial charge on any atom is 0.404 e. The molecule has 0 atom stereocenters. The van der Waals surface area contributed by atoms with Gasteiger partial charge in [0.1, 0.15) is 0 Å². The van der Waals surface area contributed by atoms with Gasteiger partial charge in [-0.2, -0.15) is 0 Å². The fourth-order valence-electron chi connectivity index (χ4n) is 6.64. The molecule has 0 aromatic rings. The minimum atomic E-state index is -0.748. The monoisotopic (exact) mass is 542 g/mol. The van der Waals surface area contributed by atoms with Gasteiger partial charge in [-0.05, 0) is 133 Å². The van der Waals surface area contributed by atoms with Crippen LogP contribution in [0.3, 0.4) is 0 Å². The van der Waals surface area contributed by atoms with Crippen LogP contribution in [0, 0.1) is 11.8 Å². The second-order valence-electron chi connectivity index (χ2n) is 14.1. The van der Waals surface area contributed by atoms with Gasteiger partial charge in [0.2, 0.25) is 0 Å². The third-order valence-electron chi connectivity index (χ3n) is 8.55. The van der Waals surface area contributed by atoms with Crippen LogP contribution >= 0.6 is 0 Å². The summed E-state index contributed by atoms with van der Waals surface area (Å²) in [5.74, 6) is 1.73. The molecule has 8 heteroatoms. The number of likely N-dealkylation sites (tertiary alicyclic amines) is 2. The summed E-state index contributed by atoms with van der Waals surface area (Å²) in [4.78, 5) is 25.3. The van der Waals surface area contributed by atoms with Gasteiger partial charge in [0.25, 0.3) is 0 Å². The number of unbranched alkanes of at least 4 members (excludes halogenated alkanes) is 3. The van der Waals surface area contributed by atoms with Gasteiger partial charge < -0.3 is 20.9 Å². The van der Waals surface area contributed by atoms with Crippen molar-refractivity contribution in [1.29, 1.82) is 0 Å². The maximum atomic E-state index is 10.1. The predicted octanol–water partition coefficient (Wildman–Crippen LogP) is 6.55. The zero-order valence-corrected chi connectivity index (χ0v) is 26.9. The Hall–Kier alpha value is -1.54. The number of carbonyl (C=O) groups is 2. The standard InChI is InChI=1S/2C11H23N.C8H16N2O4/c2*1-9-7-10(2,3)12(6)11(4,5)8-9;9-7(11)13-5-3-1-2-4-6-14-8(10)12/h2*9H,7-8H2,1-6H3;1-6H2,(H2,9,11)(H2,10,12). The molecular weight excluding hydrogens is 480 g/mol. The molecule has 0 aliphatic carbocycles. The van der Waals surface area contributed by atoms with E-state index in [0.717, 1.165) is 37.5 Å². The molecule has 2 aliphatic heterocycles.